The van der Waals surface area contributed by atoms with Crippen molar-refractivity contribution >= 4 is 11.5 Å². The maximum Gasteiger partial charge on any atom is 0.276 e. The SMILES string of the molecule is CC/C=C\C=C/CCOCC1CC(C)C(O)(c2ccc3c(=O)[nH]c(N)nn23)O1. The number of hydrogen-bond acceptors (Lipinski definition) is 6. The minimum absolute atomic E-state index is 0.0223. The Morgan fingerprint density at radius 3 is 3.04 bits per heavy atom. The highest BCUT2D eigenvalue weighted by atomic mass is 16.6. The molecule has 3 unspecified atom stereocenters. The molecule has 3 heterocycles. The first-order chi connectivity index (χ1) is 13.5. The smallest absolute Gasteiger partial charge is 0.276 e. The first-order valence-electron chi connectivity index (χ1n) is 9.63. The normalized spacial score (nSPS) is 25.5. The molecule has 4 N–H and O–H groups in total. The molecule has 28 heavy (non-hydrogen) atoms. The van der Waals surface area contributed by atoms with Crippen molar-refractivity contribution in [3.8, 4) is 0 Å². The zero-order chi connectivity index (χ0) is 20.1. The topological polar surface area (TPSA) is 115 Å². The zero-order valence-corrected chi connectivity index (χ0v) is 16.3. The summed E-state index contributed by atoms with van der Waals surface area (Å²) in [4.78, 5) is 14.5. The number of aromatic nitrogens is 3. The van der Waals surface area contributed by atoms with Gasteiger partial charge in [-0.25, -0.2) is 4.52 Å². The van der Waals surface area contributed by atoms with Crippen molar-refractivity contribution < 1.29 is 14.6 Å². The Morgan fingerprint density at radius 2 is 2.25 bits per heavy atom. The van der Waals surface area contributed by atoms with Gasteiger partial charge >= 0.3 is 0 Å². The summed E-state index contributed by atoms with van der Waals surface area (Å²) in [5, 5.41) is 15.3. The molecule has 0 radical (unpaired) electrons. The third-order valence-corrected chi connectivity index (χ3v) is 4.89. The monoisotopic (exact) mass is 388 g/mol. The van der Waals surface area contributed by atoms with Gasteiger partial charge in [-0.1, -0.05) is 38.2 Å². The molecule has 0 spiro atoms. The zero-order valence-electron chi connectivity index (χ0n) is 16.3. The lowest BCUT2D eigenvalue weighted by Gasteiger charge is -2.26. The number of H-pyrrole nitrogens is 1. The van der Waals surface area contributed by atoms with Crippen molar-refractivity contribution in [2.45, 2.75) is 45.0 Å². The van der Waals surface area contributed by atoms with Gasteiger partial charge in [0.25, 0.3) is 5.56 Å². The van der Waals surface area contributed by atoms with Gasteiger partial charge in [0.15, 0.2) is 0 Å². The first-order valence-corrected chi connectivity index (χ1v) is 9.63. The van der Waals surface area contributed by atoms with E-state index in [9.17, 15) is 9.90 Å². The van der Waals surface area contributed by atoms with E-state index in [4.69, 9.17) is 15.2 Å². The molecule has 0 bridgehead atoms. The van der Waals surface area contributed by atoms with Crippen LogP contribution in [0, 0.1) is 5.92 Å². The number of allylic oxidation sites excluding steroid dienone is 3. The maximum atomic E-state index is 12.0. The second kappa shape index (κ2) is 8.72. The van der Waals surface area contributed by atoms with Crippen molar-refractivity contribution in [3.05, 3.63) is 52.5 Å². The molecule has 3 rings (SSSR count). The Labute approximate surface area is 163 Å². The van der Waals surface area contributed by atoms with Crippen LogP contribution in [0.3, 0.4) is 0 Å². The predicted octanol–water partition coefficient (Wildman–Crippen LogP) is 2.10. The van der Waals surface area contributed by atoms with E-state index in [0.717, 1.165) is 12.8 Å². The molecule has 2 aromatic rings. The molecular weight excluding hydrogens is 360 g/mol. The highest BCUT2D eigenvalue weighted by Gasteiger charge is 2.48. The average molecular weight is 388 g/mol. The van der Waals surface area contributed by atoms with Crippen LogP contribution in [0.4, 0.5) is 5.95 Å². The van der Waals surface area contributed by atoms with Crippen LogP contribution < -0.4 is 11.3 Å². The van der Waals surface area contributed by atoms with Gasteiger partial charge in [-0.05, 0) is 31.4 Å². The van der Waals surface area contributed by atoms with Crippen molar-refractivity contribution in [2.75, 3.05) is 18.9 Å². The van der Waals surface area contributed by atoms with Crippen molar-refractivity contribution in [2.24, 2.45) is 5.92 Å². The summed E-state index contributed by atoms with van der Waals surface area (Å²) in [6.07, 6.45) is 10.4. The Hall–Kier alpha value is -2.42. The Balaban J connectivity index is 1.62. The van der Waals surface area contributed by atoms with Gasteiger partial charge in [-0.15, -0.1) is 5.10 Å². The molecule has 1 fully saturated rings. The molecule has 2 aromatic heterocycles. The van der Waals surface area contributed by atoms with Crippen LogP contribution >= 0.6 is 0 Å². The third-order valence-electron chi connectivity index (χ3n) is 4.89. The molecule has 1 aliphatic rings. The quantitative estimate of drug-likeness (QED) is 0.471. The van der Waals surface area contributed by atoms with Crippen LogP contribution in [-0.2, 0) is 15.3 Å². The second-order valence-corrected chi connectivity index (χ2v) is 7.06. The van der Waals surface area contributed by atoms with Crippen LogP contribution in [0.1, 0.15) is 38.8 Å². The predicted molar refractivity (Wildman–Crippen MR) is 107 cm³/mol. The van der Waals surface area contributed by atoms with E-state index < -0.39 is 5.79 Å². The second-order valence-electron chi connectivity index (χ2n) is 7.06. The van der Waals surface area contributed by atoms with Crippen molar-refractivity contribution in [1.29, 1.82) is 0 Å². The highest BCUT2D eigenvalue weighted by Crippen LogP contribution is 2.42. The molecule has 1 saturated heterocycles. The van der Waals surface area contributed by atoms with Crippen LogP contribution in [0.2, 0.25) is 0 Å². The largest absolute Gasteiger partial charge is 0.378 e. The first kappa shape index (κ1) is 20.3. The third kappa shape index (κ3) is 4.19. The number of nitrogens with two attached hydrogens (primary N) is 1. The molecule has 8 heteroatoms. The number of fused-ring (bicyclic) bond motifs is 1. The van der Waals surface area contributed by atoms with E-state index in [1.807, 2.05) is 19.1 Å². The highest BCUT2D eigenvalue weighted by molar-refractivity contribution is 5.48. The molecule has 0 saturated carbocycles. The lowest BCUT2D eigenvalue weighted by Crippen LogP contribution is -2.34. The van der Waals surface area contributed by atoms with E-state index in [2.05, 4.69) is 29.2 Å². The van der Waals surface area contributed by atoms with Gasteiger partial charge in [0.2, 0.25) is 11.7 Å². The number of ether oxygens (including phenoxy) is 2. The van der Waals surface area contributed by atoms with Gasteiger partial charge in [-0.2, -0.15) is 0 Å². The van der Waals surface area contributed by atoms with Gasteiger partial charge in [0, 0.05) is 5.92 Å². The Morgan fingerprint density at radius 1 is 1.46 bits per heavy atom. The van der Waals surface area contributed by atoms with E-state index in [0.29, 0.717) is 30.8 Å². The molecular formula is C20H28N4O4. The molecule has 0 aliphatic carbocycles. The van der Waals surface area contributed by atoms with Crippen molar-refractivity contribution in [1.82, 2.24) is 14.6 Å². The van der Waals surface area contributed by atoms with Gasteiger partial charge in [0.05, 0.1) is 19.3 Å². The Kier molecular flexibility index (Phi) is 6.33. The van der Waals surface area contributed by atoms with Crippen molar-refractivity contribution in [3.63, 3.8) is 0 Å². The number of anilines is 1. The number of nitrogen functional groups attached to an aromatic ring is 1. The fourth-order valence-corrected chi connectivity index (χ4v) is 3.44. The van der Waals surface area contributed by atoms with Crippen LogP contribution in [0.5, 0.6) is 0 Å². The van der Waals surface area contributed by atoms with Crippen LogP contribution in [0.15, 0.2) is 41.2 Å². The summed E-state index contributed by atoms with van der Waals surface area (Å²) < 4.78 is 13.0. The van der Waals surface area contributed by atoms with E-state index >= 15 is 0 Å². The summed E-state index contributed by atoms with van der Waals surface area (Å²) >= 11 is 0. The molecule has 152 valence electrons. The van der Waals surface area contributed by atoms with E-state index in [-0.39, 0.29) is 23.5 Å². The molecule has 1 aliphatic heterocycles. The number of nitrogens with zero attached hydrogens (tertiary/aromatic N) is 2. The summed E-state index contributed by atoms with van der Waals surface area (Å²) in [5.74, 6) is -1.77. The maximum absolute atomic E-state index is 12.0. The Bertz CT molecular complexity index is 917. The number of nitrogens with one attached hydrogen (secondary N) is 1. The standard InChI is InChI=1S/C20H28N4O4/c1-3-4-5-6-7-8-11-27-13-15-12-14(2)20(26,28-15)17-10-9-16-18(25)22-19(21)23-24(16)17/h4-7,9-10,14-15,26H,3,8,11-13H2,1-2H3,(H3,21,22,23,25)/b5-4-,7-6-. The van der Waals surface area contributed by atoms with Gasteiger partial charge in [-0.3, -0.25) is 9.78 Å². The average Bonchev–Trinajstić information content (AvgIpc) is 3.19. The summed E-state index contributed by atoms with van der Waals surface area (Å²) in [6.45, 7) is 4.98. The number of aliphatic hydroxyl groups is 1. The minimum Gasteiger partial charge on any atom is -0.378 e. The summed E-state index contributed by atoms with van der Waals surface area (Å²) in [5.41, 5.74) is 5.98. The van der Waals surface area contributed by atoms with Crippen LogP contribution in [-0.4, -0.2) is 39.0 Å². The minimum atomic E-state index is -1.56. The van der Waals surface area contributed by atoms with E-state index in [1.165, 1.54) is 4.52 Å². The summed E-state index contributed by atoms with van der Waals surface area (Å²) in [6, 6.07) is 3.24. The summed E-state index contributed by atoms with van der Waals surface area (Å²) in [7, 11) is 0. The molecule has 3 atom stereocenters. The van der Waals surface area contributed by atoms with Gasteiger partial charge in [0.1, 0.15) is 11.2 Å². The number of hydrogen-bond donors (Lipinski definition) is 3. The van der Waals surface area contributed by atoms with Crippen LogP contribution in [0.25, 0.3) is 5.52 Å². The lowest BCUT2D eigenvalue weighted by molar-refractivity contribution is -0.228. The fourth-order valence-electron chi connectivity index (χ4n) is 3.44. The fraction of sp³-hybridized carbons (Fsp3) is 0.500. The van der Waals surface area contributed by atoms with Gasteiger partial charge < -0.3 is 20.3 Å². The number of rotatable bonds is 8. The van der Waals surface area contributed by atoms with E-state index in [1.54, 1.807) is 12.1 Å². The molecule has 8 nitrogen and oxygen atoms in total. The molecule has 0 aromatic carbocycles. The number of aromatic amines is 1. The molecule has 0 amide bonds. The lowest BCUT2D eigenvalue weighted by atomic mass is 9.96.